The van der Waals surface area contributed by atoms with E-state index in [9.17, 15) is 14.4 Å². The largest absolute Gasteiger partial charge is 0.462 e. The predicted octanol–water partition coefficient (Wildman–Crippen LogP) is 21.6. The van der Waals surface area contributed by atoms with Gasteiger partial charge >= 0.3 is 17.9 Å². The average molecular weight is 1050 g/mol. The second kappa shape index (κ2) is 63.3. The van der Waals surface area contributed by atoms with E-state index in [-0.39, 0.29) is 31.1 Å². The second-order valence-electron chi connectivity index (χ2n) is 20.6. The van der Waals surface area contributed by atoms with Crippen molar-refractivity contribution in [2.75, 3.05) is 13.2 Å². The van der Waals surface area contributed by atoms with E-state index in [4.69, 9.17) is 14.2 Å². The van der Waals surface area contributed by atoms with Crippen LogP contribution >= 0.6 is 0 Å². The third-order valence-corrected chi connectivity index (χ3v) is 13.2. The fraction of sp³-hybridized carbons (Fsp3) is 0.671. The van der Waals surface area contributed by atoms with Gasteiger partial charge in [-0.25, -0.2) is 0 Å². The molecular weight excluding hydrogens is 937 g/mol. The van der Waals surface area contributed by atoms with Crippen molar-refractivity contribution in [2.24, 2.45) is 0 Å². The van der Waals surface area contributed by atoms with Crippen molar-refractivity contribution in [3.8, 4) is 0 Å². The molecule has 0 aromatic carbocycles. The number of unbranched alkanes of at least 4 members (excludes halogenated alkanes) is 25. The summed E-state index contributed by atoms with van der Waals surface area (Å²) in [6.07, 6.45) is 87.6. The van der Waals surface area contributed by atoms with Crippen LogP contribution in [0, 0.1) is 0 Å². The van der Waals surface area contributed by atoms with E-state index in [0.717, 1.165) is 148 Å². The average Bonchev–Trinajstić information content (AvgIpc) is 3.42. The molecule has 76 heavy (non-hydrogen) atoms. The van der Waals surface area contributed by atoms with Crippen LogP contribution in [-0.4, -0.2) is 37.2 Å². The second-order valence-corrected chi connectivity index (χ2v) is 20.6. The van der Waals surface area contributed by atoms with Crippen LogP contribution in [0.3, 0.4) is 0 Å². The molecule has 0 heterocycles. The maximum atomic E-state index is 12.9. The van der Waals surface area contributed by atoms with Gasteiger partial charge < -0.3 is 14.2 Å². The van der Waals surface area contributed by atoms with Crippen molar-refractivity contribution in [2.45, 2.75) is 290 Å². The molecular formula is C70H116O6. The highest BCUT2D eigenvalue weighted by atomic mass is 16.6. The molecule has 0 aliphatic heterocycles. The summed E-state index contributed by atoms with van der Waals surface area (Å²) in [5.74, 6) is -0.929. The number of hydrogen-bond donors (Lipinski definition) is 0. The Labute approximate surface area is 469 Å². The van der Waals surface area contributed by atoms with E-state index in [1.807, 2.05) is 0 Å². The minimum Gasteiger partial charge on any atom is -0.462 e. The smallest absolute Gasteiger partial charge is 0.306 e. The normalized spacial score (nSPS) is 12.9. The molecule has 6 nitrogen and oxygen atoms in total. The highest BCUT2D eigenvalue weighted by Crippen LogP contribution is 2.15. The molecule has 0 aromatic heterocycles. The fourth-order valence-corrected chi connectivity index (χ4v) is 8.43. The van der Waals surface area contributed by atoms with Crippen LogP contribution in [0.15, 0.2) is 122 Å². The Morgan fingerprint density at radius 1 is 0.276 bits per heavy atom. The van der Waals surface area contributed by atoms with Crippen LogP contribution in [-0.2, 0) is 28.6 Å². The molecule has 0 aliphatic carbocycles. The van der Waals surface area contributed by atoms with Gasteiger partial charge in [0, 0.05) is 19.3 Å². The number of carbonyl (C=O) groups is 3. The van der Waals surface area contributed by atoms with E-state index < -0.39 is 6.10 Å². The standard InChI is InChI=1S/C70H116O6/c1-4-7-10-13-16-19-22-25-28-30-31-32-33-34-35-36-37-38-39-41-42-45-48-51-54-57-60-63-69(72)75-66-67(65-74-68(71)62-59-56-53-50-47-44-27-24-21-18-15-12-9-6-3)76-70(73)64-61-58-55-52-49-46-43-40-29-26-23-20-17-14-11-8-5-2/h7,10,15-16,18-19,24-29,31-32,34-35,37-38,41-42,67H,4-6,8-9,11-14,17,20-23,30,33,36,39-40,43-66H2,1-3H3/b10-7-,18-15-,19-16-,27-24-,28-25-,29-26-,32-31-,35-34-,38-37-,42-41-. The lowest BCUT2D eigenvalue weighted by Crippen LogP contribution is -2.30. The number of hydrogen-bond acceptors (Lipinski definition) is 6. The molecule has 0 aromatic rings. The van der Waals surface area contributed by atoms with Crippen molar-refractivity contribution in [3.63, 3.8) is 0 Å². The van der Waals surface area contributed by atoms with Crippen LogP contribution in [0.4, 0.5) is 0 Å². The van der Waals surface area contributed by atoms with E-state index in [1.54, 1.807) is 0 Å². The third-order valence-electron chi connectivity index (χ3n) is 13.2. The maximum absolute atomic E-state index is 12.9. The molecule has 0 spiro atoms. The Kier molecular flexibility index (Phi) is 59.9. The summed E-state index contributed by atoms with van der Waals surface area (Å²) in [6.45, 7) is 6.46. The van der Waals surface area contributed by atoms with Gasteiger partial charge in [-0.15, -0.1) is 0 Å². The molecule has 0 bridgehead atoms. The van der Waals surface area contributed by atoms with Gasteiger partial charge in [0.1, 0.15) is 13.2 Å². The number of allylic oxidation sites excluding steroid dienone is 20. The van der Waals surface area contributed by atoms with Crippen LogP contribution in [0.1, 0.15) is 284 Å². The molecule has 432 valence electrons. The summed E-state index contributed by atoms with van der Waals surface area (Å²) in [6, 6.07) is 0. The van der Waals surface area contributed by atoms with E-state index in [2.05, 4.69) is 142 Å². The van der Waals surface area contributed by atoms with Gasteiger partial charge in [-0.2, -0.15) is 0 Å². The minimum atomic E-state index is -0.799. The van der Waals surface area contributed by atoms with Crippen molar-refractivity contribution in [1.29, 1.82) is 0 Å². The summed E-state index contributed by atoms with van der Waals surface area (Å²) in [5.41, 5.74) is 0. The Morgan fingerprint density at radius 3 is 0.855 bits per heavy atom. The van der Waals surface area contributed by atoms with Crippen LogP contribution in [0.25, 0.3) is 0 Å². The first-order chi connectivity index (χ1) is 37.5. The molecule has 0 rings (SSSR count). The van der Waals surface area contributed by atoms with Gasteiger partial charge in [0.25, 0.3) is 0 Å². The molecule has 0 aliphatic rings. The molecule has 0 radical (unpaired) electrons. The van der Waals surface area contributed by atoms with Crippen LogP contribution < -0.4 is 0 Å². The molecule has 6 heteroatoms. The molecule has 1 atom stereocenters. The number of esters is 3. The summed E-state index contributed by atoms with van der Waals surface area (Å²) in [5, 5.41) is 0. The van der Waals surface area contributed by atoms with E-state index >= 15 is 0 Å². The van der Waals surface area contributed by atoms with Gasteiger partial charge in [-0.05, 0) is 128 Å². The van der Waals surface area contributed by atoms with E-state index in [1.165, 1.54) is 96.3 Å². The van der Waals surface area contributed by atoms with Gasteiger partial charge in [-0.3, -0.25) is 14.4 Å². The third kappa shape index (κ3) is 60.7. The zero-order valence-corrected chi connectivity index (χ0v) is 49.5. The zero-order chi connectivity index (χ0) is 55.0. The summed E-state index contributed by atoms with van der Waals surface area (Å²) in [7, 11) is 0. The monoisotopic (exact) mass is 1050 g/mol. The Hall–Kier alpha value is -4.19. The fourth-order valence-electron chi connectivity index (χ4n) is 8.43. The summed E-state index contributed by atoms with van der Waals surface area (Å²) < 4.78 is 16.9. The molecule has 0 fully saturated rings. The number of ether oxygens (including phenoxy) is 3. The Balaban J connectivity index is 4.41. The Morgan fingerprint density at radius 2 is 0.526 bits per heavy atom. The van der Waals surface area contributed by atoms with Gasteiger partial charge in [0.2, 0.25) is 0 Å². The van der Waals surface area contributed by atoms with Crippen molar-refractivity contribution < 1.29 is 28.6 Å². The molecule has 0 saturated carbocycles. The lowest BCUT2D eigenvalue weighted by Gasteiger charge is -2.18. The van der Waals surface area contributed by atoms with Gasteiger partial charge in [0.05, 0.1) is 0 Å². The summed E-state index contributed by atoms with van der Waals surface area (Å²) in [4.78, 5) is 38.3. The molecule has 1 unspecified atom stereocenters. The topological polar surface area (TPSA) is 78.9 Å². The minimum absolute atomic E-state index is 0.0952. The molecule has 0 N–H and O–H groups in total. The SMILES string of the molecule is CC/C=C\C/C=C\C/C=C\C/C=C\C/C=C\C/C=C\C/C=C\CCCCCCCC(=O)OCC(COC(=O)CCCCCCC/C=C\C/C=C\CCCC)OC(=O)CCCCCCCCC/C=C\CCCCCCCC. The molecule has 0 amide bonds. The first-order valence-electron chi connectivity index (χ1n) is 31.5. The number of rotatable bonds is 56. The van der Waals surface area contributed by atoms with Gasteiger partial charge in [-0.1, -0.05) is 258 Å². The maximum Gasteiger partial charge on any atom is 0.306 e. The zero-order valence-electron chi connectivity index (χ0n) is 49.5. The van der Waals surface area contributed by atoms with Crippen molar-refractivity contribution in [3.05, 3.63) is 122 Å². The van der Waals surface area contributed by atoms with Crippen molar-refractivity contribution >= 4 is 17.9 Å². The first-order valence-corrected chi connectivity index (χ1v) is 31.5. The lowest BCUT2D eigenvalue weighted by atomic mass is 10.1. The first kappa shape index (κ1) is 71.8. The summed E-state index contributed by atoms with van der Waals surface area (Å²) >= 11 is 0. The van der Waals surface area contributed by atoms with Crippen LogP contribution in [0.2, 0.25) is 0 Å². The predicted molar refractivity (Wildman–Crippen MR) is 330 cm³/mol. The quantitative estimate of drug-likeness (QED) is 0.0261. The van der Waals surface area contributed by atoms with Crippen LogP contribution in [0.5, 0.6) is 0 Å². The van der Waals surface area contributed by atoms with Crippen molar-refractivity contribution in [1.82, 2.24) is 0 Å². The highest BCUT2D eigenvalue weighted by molar-refractivity contribution is 5.71. The van der Waals surface area contributed by atoms with Gasteiger partial charge in [0.15, 0.2) is 6.10 Å². The lowest BCUT2D eigenvalue weighted by molar-refractivity contribution is -0.167. The van der Waals surface area contributed by atoms with E-state index in [0.29, 0.717) is 19.3 Å². The highest BCUT2D eigenvalue weighted by Gasteiger charge is 2.19. The number of carbonyl (C=O) groups excluding carboxylic acids is 3. The Bertz CT molecular complexity index is 1590. The molecule has 0 saturated heterocycles.